The molecule has 0 N–H and O–H groups in total. The van der Waals surface area contributed by atoms with E-state index < -0.39 is 0 Å². The molecule has 6 nitrogen and oxygen atoms in total. The molecule has 6 heteroatoms. The number of hydrogen-bond acceptors (Lipinski definition) is 4. The summed E-state index contributed by atoms with van der Waals surface area (Å²) in [5.74, 6) is 1.44. The average Bonchev–Trinajstić information content (AvgIpc) is 2.78. The van der Waals surface area contributed by atoms with Crippen LogP contribution >= 0.6 is 0 Å². The molecule has 142 valence electrons. The highest BCUT2D eigenvalue weighted by molar-refractivity contribution is 5.78. The maximum atomic E-state index is 12.7. The van der Waals surface area contributed by atoms with Crippen LogP contribution in [0.5, 0.6) is 0 Å². The van der Waals surface area contributed by atoms with Crippen LogP contribution in [0.1, 0.15) is 44.9 Å². The number of hydrogen-bond donors (Lipinski definition) is 0. The second-order valence-corrected chi connectivity index (χ2v) is 7.69. The monoisotopic (exact) mass is 352 g/mol. The lowest BCUT2D eigenvalue weighted by Gasteiger charge is -2.43. The molecule has 3 fully saturated rings. The summed E-state index contributed by atoms with van der Waals surface area (Å²) in [6, 6.07) is 0.275. The molecule has 0 spiro atoms. The number of piperidine rings is 1. The average molecular weight is 352 g/mol. The number of likely N-dealkylation sites (tertiary alicyclic amines) is 2. The van der Waals surface area contributed by atoms with Crippen molar-refractivity contribution in [1.29, 1.82) is 0 Å². The molecule has 0 aromatic rings. The fraction of sp³-hybridized carbons (Fsp3) is 0.895. The van der Waals surface area contributed by atoms with Gasteiger partial charge in [-0.05, 0) is 43.9 Å². The molecule has 2 atom stereocenters. The smallest absolute Gasteiger partial charge is 0.222 e. The van der Waals surface area contributed by atoms with Crippen molar-refractivity contribution in [2.75, 3.05) is 46.6 Å². The maximum absolute atomic E-state index is 12.7. The maximum Gasteiger partial charge on any atom is 0.222 e. The van der Waals surface area contributed by atoms with Crippen molar-refractivity contribution in [3.05, 3.63) is 0 Å². The third-order valence-corrected chi connectivity index (χ3v) is 6.07. The second-order valence-electron chi connectivity index (χ2n) is 7.69. The van der Waals surface area contributed by atoms with Crippen LogP contribution in [0.4, 0.5) is 0 Å². The molecule has 25 heavy (non-hydrogen) atoms. The lowest BCUT2D eigenvalue weighted by atomic mass is 9.87. The Kier molecular flexibility index (Phi) is 6.70. The molecule has 0 saturated carbocycles. The van der Waals surface area contributed by atoms with E-state index in [-0.39, 0.29) is 11.9 Å². The highest BCUT2D eigenvalue weighted by Gasteiger charge is 2.38. The molecule has 0 aromatic carbocycles. The Morgan fingerprint density at radius 3 is 2.80 bits per heavy atom. The van der Waals surface area contributed by atoms with Gasteiger partial charge in [-0.15, -0.1) is 0 Å². The van der Waals surface area contributed by atoms with Gasteiger partial charge in [0, 0.05) is 58.8 Å². The van der Waals surface area contributed by atoms with Crippen molar-refractivity contribution in [3.63, 3.8) is 0 Å². The fourth-order valence-electron chi connectivity index (χ4n) is 4.59. The Labute approximate surface area is 150 Å². The molecule has 3 aliphatic heterocycles. The van der Waals surface area contributed by atoms with Gasteiger partial charge in [-0.1, -0.05) is 0 Å². The van der Waals surface area contributed by atoms with Gasteiger partial charge in [0.1, 0.15) is 0 Å². The molecule has 3 rings (SSSR count). The number of carbonyl (C=O) groups excluding carboxylic acids is 2. The minimum atomic E-state index is 0.256. The van der Waals surface area contributed by atoms with Gasteiger partial charge in [-0.2, -0.15) is 0 Å². The van der Waals surface area contributed by atoms with Crippen molar-refractivity contribution < 1.29 is 19.1 Å². The van der Waals surface area contributed by atoms with Crippen LogP contribution in [-0.4, -0.2) is 74.2 Å². The van der Waals surface area contributed by atoms with Gasteiger partial charge in [-0.25, -0.2) is 0 Å². The lowest BCUT2D eigenvalue weighted by Crippen LogP contribution is -2.53. The summed E-state index contributed by atoms with van der Waals surface area (Å²) in [5.41, 5.74) is 0. The zero-order valence-corrected chi connectivity index (χ0v) is 15.5. The number of methoxy groups -OCH3 is 1. The zero-order chi connectivity index (χ0) is 17.6. The van der Waals surface area contributed by atoms with Crippen LogP contribution in [-0.2, 0) is 19.1 Å². The van der Waals surface area contributed by atoms with Crippen LogP contribution in [0.15, 0.2) is 0 Å². The van der Waals surface area contributed by atoms with Crippen LogP contribution in [0.3, 0.4) is 0 Å². The largest absolute Gasteiger partial charge is 0.383 e. The highest BCUT2D eigenvalue weighted by atomic mass is 16.5. The summed E-state index contributed by atoms with van der Waals surface area (Å²) in [6.07, 6.45) is 6.18. The Hall–Kier alpha value is -1.14. The molecule has 3 heterocycles. The standard InChI is InChI=1S/C19H32N2O4/c1-24-12-9-21-17-5-8-20(14-16(17)3-2-4-18(21)22)19(23)13-15-6-10-25-11-7-15/h15-17H,2-14H2,1H3/t16-,17+/m0/s1. The van der Waals surface area contributed by atoms with Crippen molar-refractivity contribution in [3.8, 4) is 0 Å². The second kappa shape index (κ2) is 8.99. The first-order valence-electron chi connectivity index (χ1n) is 9.83. The molecule has 0 aromatic heterocycles. The summed E-state index contributed by atoms with van der Waals surface area (Å²) >= 11 is 0. The Bertz CT molecular complexity index is 464. The molecule has 2 amide bonds. The first-order valence-corrected chi connectivity index (χ1v) is 9.83. The molecule has 0 radical (unpaired) electrons. The number of carbonyl (C=O) groups is 2. The predicted octanol–water partition coefficient (Wildman–Crippen LogP) is 1.68. The van der Waals surface area contributed by atoms with Gasteiger partial charge >= 0.3 is 0 Å². The fourth-order valence-corrected chi connectivity index (χ4v) is 4.59. The van der Waals surface area contributed by atoms with E-state index in [9.17, 15) is 9.59 Å². The molecule has 0 aliphatic carbocycles. The van der Waals surface area contributed by atoms with Gasteiger partial charge < -0.3 is 19.3 Å². The number of amides is 2. The van der Waals surface area contributed by atoms with Gasteiger partial charge in [0.25, 0.3) is 0 Å². The molecule has 3 saturated heterocycles. The number of fused-ring (bicyclic) bond motifs is 1. The van der Waals surface area contributed by atoms with Crippen molar-refractivity contribution in [2.24, 2.45) is 11.8 Å². The van der Waals surface area contributed by atoms with E-state index in [0.717, 1.165) is 58.4 Å². The third-order valence-electron chi connectivity index (χ3n) is 6.07. The molecule has 3 aliphatic rings. The number of ether oxygens (including phenoxy) is 2. The van der Waals surface area contributed by atoms with E-state index >= 15 is 0 Å². The van der Waals surface area contributed by atoms with E-state index in [1.807, 2.05) is 4.90 Å². The SMILES string of the molecule is COCCN1C(=O)CCC[C@H]2CN(C(=O)CC3CCOCC3)CC[C@H]21. The summed E-state index contributed by atoms with van der Waals surface area (Å²) in [7, 11) is 1.68. The molecule has 0 unspecified atom stereocenters. The van der Waals surface area contributed by atoms with E-state index in [2.05, 4.69) is 4.90 Å². The van der Waals surface area contributed by atoms with Crippen LogP contribution in [0.2, 0.25) is 0 Å². The molecular formula is C19H32N2O4. The Morgan fingerprint density at radius 2 is 2.04 bits per heavy atom. The summed E-state index contributed by atoms with van der Waals surface area (Å²) in [6.45, 7) is 4.43. The van der Waals surface area contributed by atoms with Crippen LogP contribution in [0.25, 0.3) is 0 Å². The van der Waals surface area contributed by atoms with Gasteiger partial charge in [0.2, 0.25) is 11.8 Å². The molecular weight excluding hydrogens is 320 g/mol. The van der Waals surface area contributed by atoms with Gasteiger partial charge in [0.05, 0.1) is 6.61 Å². The van der Waals surface area contributed by atoms with E-state index in [4.69, 9.17) is 9.47 Å². The van der Waals surface area contributed by atoms with Crippen LogP contribution < -0.4 is 0 Å². The topological polar surface area (TPSA) is 59.1 Å². The summed E-state index contributed by atoms with van der Waals surface area (Å²) < 4.78 is 10.6. The summed E-state index contributed by atoms with van der Waals surface area (Å²) in [5, 5.41) is 0. The zero-order valence-electron chi connectivity index (χ0n) is 15.5. The number of nitrogens with zero attached hydrogens (tertiary/aromatic N) is 2. The van der Waals surface area contributed by atoms with E-state index in [1.54, 1.807) is 7.11 Å². The summed E-state index contributed by atoms with van der Waals surface area (Å²) in [4.78, 5) is 29.2. The third kappa shape index (κ3) is 4.73. The van der Waals surface area contributed by atoms with E-state index in [1.165, 1.54) is 0 Å². The van der Waals surface area contributed by atoms with Gasteiger partial charge in [0.15, 0.2) is 0 Å². The van der Waals surface area contributed by atoms with Crippen LogP contribution in [0, 0.1) is 11.8 Å². The normalized spacial score (nSPS) is 28.6. The quantitative estimate of drug-likeness (QED) is 0.755. The van der Waals surface area contributed by atoms with Gasteiger partial charge in [-0.3, -0.25) is 9.59 Å². The van der Waals surface area contributed by atoms with Crippen molar-refractivity contribution in [2.45, 2.75) is 51.0 Å². The number of rotatable bonds is 5. The Balaban J connectivity index is 1.57. The first-order chi connectivity index (χ1) is 12.2. The first kappa shape index (κ1) is 18.6. The lowest BCUT2D eigenvalue weighted by molar-refractivity contribution is -0.139. The van der Waals surface area contributed by atoms with Crippen molar-refractivity contribution in [1.82, 2.24) is 9.80 Å². The highest BCUT2D eigenvalue weighted by Crippen LogP contribution is 2.31. The van der Waals surface area contributed by atoms with Crippen molar-refractivity contribution >= 4 is 11.8 Å². The Morgan fingerprint density at radius 1 is 1.24 bits per heavy atom. The minimum Gasteiger partial charge on any atom is -0.383 e. The predicted molar refractivity (Wildman–Crippen MR) is 94.1 cm³/mol. The molecule has 0 bridgehead atoms. The van der Waals surface area contributed by atoms with E-state index in [0.29, 0.717) is 43.7 Å². The minimum absolute atomic E-state index is 0.256.